The lowest BCUT2D eigenvalue weighted by Gasteiger charge is -2.14. The summed E-state index contributed by atoms with van der Waals surface area (Å²) in [5, 5.41) is 24.7. The van der Waals surface area contributed by atoms with Gasteiger partial charge in [0.1, 0.15) is 11.6 Å². The fourth-order valence-corrected chi connectivity index (χ4v) is 2.12. The van der Waals surface area contributed by atoms with Crippen molar-refractivity contribution >= 4 is 11.3 Å². The number of hydrogen-bond donors (Lipinski definition) is 2. The van der Waals surface area contributed by atoms with Crippen LogP contribution in [0.15, 0.2) is 48.9 Å². The summed E-state index contributed by atoms with van der Waals surface area (Å²) in [5.74, 6) is 0.0319. The molecule has 10 heteroatoms. The number of hydrogen-bond acceptors (Lipinski definition) is 5. The van der Waals surface area contributed by atoms with Crippen molar-refractivity contribution in [3.63, 3.8) is 0 Å². The molecule has 0 aliphatic carbocycles. The van der Waals surface area contributed by atoms with Crippen molar-refractivity contribution < 1.29 is 13.2 Å². The molecule has 0 saturated carbocycles. The van der Waals surface area contributed by atoms with Crippen molar-refractivity contribution in [2.45, 2.75) is 6.18 Å². The van der Waals surface area contributed by atoms with Gasteiger partial charge in [0, 0.05) is 18.6 Å². The Morgan fingerprint density at radius 1 is 1.28 bits per heavy atom. The molecule has 3 aromatic rings. The fourth-order valence-electron chi connectivity index (χ4n) is 2.12. The predicted octanol–water partition coefficient (Wildman–Crippen LogP) is 2.99. The van der Waals surface area contributed by atoms with Gasteiger partial charge in [0.2, 0.25) is 5.82 Å². The van der Waals surface area contributed by atoms with Gasteiger partial charge < -0.3 is 9.88 Å². The van der Waals surface area contributed by atoms with E-state index >= 15 is 0 Å². The lowest BCUT2D eigenvalue weighted by atomic mass is 10.1. The summed E-state index contributed by atoms with van der Waals surface area (Å²) >= 11 is 0. The monoisotopic (exact) mass is 345 g/mol. The third-order valence-corrected chi connectivity index (χ3v) is 3.29. The second kappa shape index (κ2) is 6.48. The van der Waals surface area contributed by atoms with Gasteiger partial charge >= 0.3 is 6.18 Å². The number of halogens is 3. The molecule has 0 unspecified atom stereocenters. The van der Waals surface area contributed by atoms with Crippen LogP contribution >= 0.6 is 0 Å². The van der Waals surface area contributed by atoms with Gasteiger partial charge in [-0.1, -0.05) is 0 Å². The highest BCUT2D eigenvalue weighted by Gasteiger charge is 2.31. The van der Waals surface area contributed by atoms with Crippen molar-refractivity contribution in [3.8, 4) is 11.8 Å². The molecule has 2 aromatic heterocycles. The number of H-pyrrole nitrogens is 1. The third-order valence-electron chi connectivity index (χ3n) is 3.29. The summed E-state index contributed by atoms with van der Waals surface area (Å²) in [6.45, 7) is 0. The first-order chi connectivity index (χ1) is 12.0. The molecule has 0 aliphatic heterocycles. The van der Waals surface area contributed by atoms with E-state index in [0.717, 1.165) is 12.1 Å². The molecule has 1 aromatic carbocycles. The van der Waals surface area contributed by atoms with Crippen LogP contribution in [0.5, 0.6) is 0 Å². The van der Waals surface area contributed by atoms with Gasteiger partial charge in [-0.2, -0.15) is 23.6 Å². The Bertz CT molecular complexity index is 919. The Labute approximate surface area is 139 Å². The molecule has 0 bridgehead atoms. The maximum atomic E-state index is 13.0. The Balaban J connectivity index is 2.02. The van der Waals surface area contributed by atoms with E-state index in [0.29, 0.717) is 5.69 Å². The van der Waals surface area contributed by atoms with Crippen molar-refractivity contribution in [3.05, 3.63) is 60.3 Å². The molecule has 0 fully saturated rings. The molecule has 0 spiro atoms. The number of tetrazole rings is 1. The van der Waals surface area contributed by atoms with Crippen LogP contribution < -0.4 is 5.32 Å². The van der Waals surface area contributed by atoms with E-state index in [2.05, 4.69) is 25.9 Å². The first-order valence-electron chi connectivity index (χ1n) is 6.94. The topological polar surface area (TPSA) is 95.2 Å². The zero-order valence-corrected chi connectivity index (χ0v) is 12.5. The minimum atomic E-state index is -4.49. The molecular formula is C15H10F3N7. The van der Waals surface area contributed by atoms with Crippen LogP contribution in [-0.2, 0) is 6.18 Å². The molecule has 0 aliphatic rings. The molecule has 3 rings (SSSR count). The predicted molar refractivity (Wildman–Crippen MR) is 82.2 cm³/mol. The minimum absolute atomic E-state index is 0.0182. The Hall–Kier alpha value is -3.61. The van der Waals surface area contributed by atoms with Crippen molar-refractivity contribution in [1.82, 2.24) is 25.2 Å². The number of allylic oxidation sites excluding steroid dienone is 1. The largest absolute Gasteiger partial charge is 0.416 e. The van der Waals surface area contributed by atoms with E-state index in [9.17, 15) is 13.2 Å². The average molecular weight is 345 g/mol. The van der Waals surface area contributed by atoms with Gasteiger partial charge in [0.05, 0.1) is 16.9 Å². The maximum absolute atomic E-state index is 13.0. The summed E-state index contributed by atoms with van der Waals surface area (Å²) in [6.07, 6.45) is 0.137. The Morgan fingerprint density at radius 2 is 2.04 bits per heavy atom. The quantitative estimate of drug-likeness (QED) is 0.709. The SMILES string of the molecule is N#CC(=CNc1cc(C(F)(F)F)ccc1-n1cccc1)c1nn[nH]n1. The van der Waals surface area contributed by atoms with Gasteiger partial charge in [-0.3, -0.25) is 0 Å². The lowest BCUT2D eigenvalue weighted by molar-refractivity contribution is -0.137. The zero-order chi connectivity index (χ0) is 17.9. The van der Waals surface area contributed by atoms with Crippen molar-refractivity contribution in [1.29, 1.82) is 5.26 Å². The second-order valence-electron chi connectivity index (χ2n) is 4.87. The molecule has 2 heterocycles. The number of aromatic nitrogens is 5. The van der Waals surface area contributed by atoms with E-state index in [1.165, 1.54) is 12.3 Å². The standard InChI is InChI=1S/C15H10F3N7/c16-15(17,18)11-3-4-13(25-5-1-2-6-25)12(7-11)20-9-10(8-19)14-21-23-24-22-14/h1-7,9,20H,(H,21,22,23,24). The van der Waals surface area contributed by atoms with Crippen LogP contribution in [-0.4, -0.2) is 25.2 Å². The smallest absolute Gasteiger partial charge is 0.359 e. The van der Waals surface area contributed by atoms with E-state index in [1.807, 2.05) is 6.07 Å². The molecule has 126 valence electrons. The van der Waals surface area contributed by atoms with E-state index in [-0.39, 0.29) is 17.1 Å². The molecule has 0 atom stereocenters. The number of rotatable bonds is 4. The molecular weight excluding hydrogens is 335 g/mol. The Morgan fingerprint density at radius 3 is 2.64 bits per heavy atom. The van der Waals surface area contributed by atoms with Gasteiger partial charge in [-0.05, 0) is 35.5 Å². The summed E-state index contributed by atoms with van der Waals surface area (Å²) in [5.41, 5.74) is -0.135. The number of benzene rings is 1. The summed E-state index contributed by atoms with van der Waals surface area (Å²) in [4.78, 5) is 0. The molecule has 0 amide bonds. The first kappa shape index (κ1) is 16.3. The zero-order valence-electron chi connectivity index (χ0n) is 12.5. The van der Waals surface area contributed by atoms with Crippen LogP contribution in [0, 0.1) is 11.3 Å². The molecule has 0 saturated heterocycles. The molecule has 7 nitrogen and oxygen atoms in total. The van der Waals surface area contributed by atoms with Crippen LogP contribution in [0.4, 0.5) is 18.9 Å². The number of aromatic amines is 1. The van der Waals surface area contributed by atoms with Crippen LogP contribution in [0.2, 0.25) is 0 Å². The number of anilines is 1. The van der Waals surface area contributed by atoms with Gasteiger partial charge in [-0.25, -0.2) is 0 Å². The number of nitrogens with one attached hydrogen (secondary N) is 2. The van der Waals surface area contributed by atoms with E-state index < -0.39 is 11.7 Å². The third kappa shape index (κ3) is 3.50. The van der Waals surface area contributed by atoms with Gasteiger partial charge in [-0.15, -0.1) is 10.2 Å². The van der Waals surface area contributed by atoms with E-state index in [4.69, 9.17) is 5.26 Å². The first-order valence-corrected chi connectivity index (χ1v) is 6.94. The van der Waals surface area contributed by atoms with Crippen LogP contribution in [0.1, 0.15) is 11.4 Å². The molecule has 0 radical (unpaired) electrons. The minimum Gasteiger partial charge on any atom is -0.359 e. The van der Waals surface area contributed by atoms with Crippen LogP contribution in [0.25, 0.3) is 11.3 Å². The molecule has 2 N–H and O–H groups in total. The number of nitriles is 1. The van der Waals surface area contributed by atoms with Gasteiger partial charge in [0.15, 0.2) is 0 Å². The lowest BCUT2D eigenvalue weighted by Crippen LogP contribution is -2.07. The second-order valence-corrected chi connectivity index (χ2v) is 4.87. The van der Waals surface area contributed by atoms with Crippen LogP contribution in [0.3, 0.4) is 0 Å². The van der Waals surface area contributed by atoms with Crippen molar-refractivity contribution in [2.24, 2.45) is 0 Å². The highest BCUT2D eigenvalue weighted by molar-refractivity contribution is 5.75. The van der Waals surface area contributed by atoms with E-state index in [1.54, 1.807) is 29.1 Å². The normalized spacial score (nSPS) is 12.0. The average Bonchev–Trinajstić information content (AvgIpc) is 3.28. The number of alkyl halides is 3. The summed E-state index contributed by atoms with van der Waals surface area (Å²) in [6, 6.07) is 8.66. The highest BCUT2D eigenvalue weighted by atomic mass is 19.4. The van der Waals surface area contributed by atoms with Gasteiger partial charge in [0.25, 0.3) is 0 Å². The molecule has 25 heavy (non-hydrogen) atoms. The maximum Gasteiger partial charge on any atom is 0.416 e. The highest BCUT2D eigenvalue weighted by Crippen LogP contribution is 2.33. The van der Waals surface area contributed by atoms with Crippen molar-refractivity contribution in [2.75, 3.05) is 5.32 Å². The number of nitrogens with zero attached hydrogens (tertiary/aromatic N) is 5. The Kier molecular flexibility index (Phi) is 4.21. The fraction of sp³-hybridized carbons (Fsp3) is 0.0667. The summed E-state index contributed by atoms with van der Waals surface area (Å²) < 4.78 is 40.6. The summed E-state index contributed by atoms with van der Waals surface area (Å²) in [7, 11) is 0.